The van der Waals surface area contributed by atoms with E-state index in [1.165, 1.54) is 6.07 Å². The van der Waals surface area contributed by atoms with Crippen LogP contribution >= 0.6 is 0 Å². The van der Waals surface area contributed by atoms with Crippen molar-refractivity contribution < 1.29 is 17.7 Å². The molecule has 0 aliphatic heterocycles. The summed E-state index contributed by atoms with van der Waals surface area (Å²) in [6.07, 6.45) is -0.120. The van der Waals surface area contributed by atoms with Crippen molar-refractivity contribution in [3.05, 3.63) is 29.8 Å². The SMILES string of the molecule is CC(CN)OCCS(=O)c1ccc(F)cc1F. The van der Waals surface area contributed by atoms with Gasteiger partial charge < -0.3 is 10.5 Å². The van der Waals surface area contributed by atoms with E-state index in [1.807, 2.05) is 0 Å². The van der Waals surface area contributed by atoms with Crippen LogP contribution in [0.3, 0.4) is 0 Å². The first-order valence-corrected chi connectivity index (χ1v) is 6.51. The molecule has 0 heterocycles. The second-order valence-corrected chi connectivity index (χ2v) is 5.08. The second-order valence-electron chi connectivity index (χ2n) is 3.54. The molecule has 1 aromatic carbocycles. The van der Waals surface area contributed by atoms with Gasteiger partial charge in [0.1, 0.15) is 11.6 Å². The van der Waals surface area contributed by atoms with Gasteiger partial charge in [0.15, 0.2) is 0 Å². The fraction of sp³-hybridized carbons (Fsp3) is 0.455. The minimum absolute atomic E-state index is 0.00426. The van der Waals surface area contributed by atoms with Gasteiger partial charge in [0.2, 0.25) is 0 Å². The van der Waals surface area contributed by atoms with Crippen LogP contribution in [0.25, 0.3) is 0 Å². The largest absolute Gasteiger partial charge is 0.376 e. The minimum Gasteiger partial charge on any atom is -0.376 e. The number of halogens is 2. The van der Waals surface area contributed by atoms with Crippen LogP contribution in [0.2, 0.25) is 0 Å². The van der Waals surface area contributed by atoms with Crippen LogP contribution < -0.4 is 5.73 Å². The summed E-state index contributed by atoms with van der Waals surface area (Å²) < 4.78 is 42.8. The standard InChI is InChI=1S/C11H15F2NO2S/c1-8(7-14)16-4-5-17(15)11-3-2-9(12)6-10(11)13/h2-3,6,8H,4-5,7,14H2,1H3. The summed E-state index contributed by atoms with van der Waals surface area (Å²) in [5.74, 6) is -1.32. The zero-order chi connectivity index (χ0) is 12.8. The molecule has 96 valence electrons. The average molecular weight is 263 g/mol. The Morgan fingerprint density at radius 1 is 1.47 bits per heavy atom. The van der Waals surface area contributed by atoms with E-state index in [1.54, 1.807) is 6.92 Å². The lowest BCUT2D eigenvalue weighted by Gasteiger charge is -2.10. The molecule has 0 bridgehead atoms. The average Bonchev–Trinajstić information content (AvgIpc) is 2.28. The summed E-state index contributed by atoms with van der Waals surface area (Å²) in [5, 5.41) is 0. The molecule has 0 radical (unpaired) electrons. The van der Waals surface area contributed by atoms with Crippen molar-refractivity contribution >= 4 is 10.8 Å². The third-order valence-electron chi connectivity index (χ3n) is 2.14. The van der Waals surface area contributed by atoms with Crippen LogP contribution in [0.15, 0.2) is 23.1 Å². The molecular formula is C11H15F2NO2S. The van der Waals surface area contributed by atoms with Crippen molar-refractivity contribution in [3.8, 4) is 0 Å². The molecule has 2 N–H and O–H groups in total. The third kappa shape index (κ3) is 4.49. The van der Waals surface area contributed by atoms with E-state index in [9.17, 15) is 13.0 Å². The van der Waals surface area contributed by atoms with Crippen LogP contribution in [0.4, 0.5) is 8.78 Å². The number of benzene rings is 1. The number of hydrogen-bond acceptors (Lipinski definition) is 3. The molecule has 0 aromatic heterocycles. The number of ether oxygens (including phenoxy) is 1. The Bertz CT molecular complexity index is 401. The van der Waals surface area contributed by atoms with Crippen LogP contribution in [0.5, 0.6) is 0 Å². The fourth-order valence-corrected chi connectivity index (χ4v) is 2.13. The summed E-state index contributed by atoms with van der Waals surface area (Å²) in [5.41, 5.74) is 5.34. The molecule has 0 aliphatic rings. The zero-order valence-electron chi connectivity index (χ0n) is 9.49. The molecule has 0 spiro atoms. The van der Waals surface area contributed by atoms with E-state index in [4.69, 9.17) is 10.5 Å². The van der Waals surface area contributed by atoms with Crippen molar-refractivity contribution in [2.45, 2.75) is 17.9 Å². The molecule has 0 amide bonds. The van der Waals surface area contributed by atoms with Gasteiger partial charge in [-0.15, -0.1) is 0 Å². The topological polar surface area (TPSA) is 52.3 Å². The fourth-order valence-electron chi connectivity index (χ4n) is 1.16. The molecule has 2 unspecified atom stereocenters. The molecule has 1 rings (SSSR count). The first-order valence-electron chi connectivity index (χ1n) is 5.19. The summed E-state index contributed by atoms with van der Waals surface area (Å²) in [6, 6.07) is 2.99. The smallest absolute Gasteiger partial charge is 0.142 e. The normalized spacial score (nSPS) is 14.6. The molecule has 1 aromatic rings. The van der Waals surface area contributed by atoms with E-state index in [0.717, 1.165) is 12.1 Å². The van der Waals surface area contributed by atoms with Gasteiger partial charge in [0.05, 0.1) is 34.2 Å². The molecule has 2 atom stereocenters. The van der Waals surface area contributed by atoms with Crippen molar-refractivity contribution in [3.63, 3.8) is 0 Å². The van der Waals surface area contributed by atoms with Crippen LogP contribution in [0.1, 0.15) is 6.92 Å². The molecule has 6 heteroatoms. The summed E-state index contributed by atoms with van der Waals surface area (Å²) in [6.45, 7) is 2.39. The van der Waals surface area contributed by atoms with Crippen LogP contribution in [-0.2, 0) is 15.5 Å². The van der Waals surface area contributed by atoms with E-state index in [-0.39, 0.29) is 23.4 Å². The first kappa shape index (κ1) is 14.2. The lowest BCUT2D eigenvalue weighted by atomic mass is 10.3. The van der Waals surface area contributed by atoms with E-state index in [2.05, 4.69) is 0 Å². The highest BCUT2D eigenvalue weighted by Gasteiger charge is 2.11. The molecule has 17 heavy (non-hydrogen) atoms. The van der Waals surface area contributed by atoms with Gasteiger partial charge in [-0.25, -0.2) is 8.78 Å². The third-order valence-corrected chi connectivity index (χ3v) is 3.50. The Labute approximate surface area is 101 Å². The van der Waals surface area contributed by atoms with Gasteiger partial charge in [-0.1, -0.05) is 0 Å². The predicted octanol–water partition coefficient (Wildman–Crippen LogP) is 1.44. The van der Waals surface area contributed by atoms with Gasteiger partial charge in [-0.2, -0.15) is 0 Å². The maximum atomic E-state index is 13.3. The maximum absolute atomic E-state index is 13.3. The first-order chi connectivity index (χ1) is 8.04. The summed E-state index contributed by atoms with van der Waals surface area (Å²) in [4.78, 5) is -0.00426. The summed E-state index contributed by atoms with van der Waals surface area (Å²) in [7, 11) is -1.53. The van der Waals surface area contributed by atoms with Crippen LogP contribution in [-0.4, -0.2) is 29.2 Å². The lowest BCUT2D eigenvalue weighted by Crippen LogP contribution is -2.22. The van der Waals surface area contributed by atoms with E-state index < -0.39 is 22.4 Å². The zero-order valence-corrected chi connectivity index (χ0v) is 10.3. The molecular weight excluding hydrogens is 248 g/mol. The van der Waals surface area contributed by atoms with Crippen molar-refractivity contribution in [2.75, 3.05) is 18.9 Å². The summed E-state index contributed by atoms with van der Waals surface area (Å²) >= 11 is 0. The minimum atomic E-state index is -1.53. The number of rotatable bonds is 6. The van der Waals surface area contributed by atoms with E-state index in [0.29, 0.717) is 6.54 Å². The van der Waals surface area contributed by atoms with E-state index >= 15 is 0 Å². The maximum Gasteiger partial charge on any atom is 0.142 e. The molecule has 0 aliphatic carbocycles. The molecule has 0 saturated carbocycles. The Hall–Kier alpha value is -0.850. The highest BCUT2D eigenvalue weighted by Crippen LogP contribution is 2.14. The molecule has 0 fully saturated rings. The Morgan fingerprint density at radius 2 is 2.18 bits per heavy atom. The van der Waals surface area contributed by atoms with Crippen LogP contribution in [0, 0.1) is 11.6 Å². The highest BCUT2D eigenvalue weighted by molar-refractivity contribution is 7.85. The van der Waals surface area contributed by atoms with Gasteiger partial charge in [-0.3, -0.25) is 4.21 Å². The molecule has 0 saturated heterocycles. The number of hydrogen-bond donors (Lipinski definition) is 1. The van der Waals surface area contributed by atoms with Gasteiger partial charge in [0, 0.05) is 12.6 Å². The van der Waals surface area contributed by atoms with Gasteiger partial charge >= 0.3 is 0 Å². The predicted molar refractivity (Wildman–Crippen MR) is 62.1 cm³/mol. The van der Waals surface area contributed by atoms with Crippen molar-refractivity contribution in [1.82, 2.24) is 0 Å². The highest BCUT2D eigenvalue weighted by atomic mass is 32.2. The monoisotopic (exact) mass is 263 g/mol. The quantitative estimate of drug-likeness (QED) is 0.845. The Kier molecular flexibility index (Phi) is 5.67. The molecule has 3 nitrogen and oxygen atoms in total. The van der Waals surface area contributed by atoms with Gasteiger partial charge in [-0.05, 0) is 19.1 Å². The second kappa shape index (κ2) is 6.78. The lowest BCUT2D eigenvalue weighted by molar-refractivity contribution is 0.0842. The number of nitrogens with two attached hydrogens (primary N) is 1. The van der Waals surface area contributed by atoms with Crippen molar-refractivity contribution in [1.29, 1.82) is 0 Å². The van der Waals surface area contributed by atoms with Gasteiger partial charge in [0.25, 0.3) is 0 Å². The Balaban J connectivity index is 2.52. The van der Waals surface area contributed by atoms with Crippen molar-refractivity contribution in [2.24, 2.45) is 5.73 Å². The Morgan fingerprint density at radius 3 is 2.76 bits per heavy atom.